The average molecular weight is 323 g/mol. The SMILES string of the molecule is O=C1CC(c2ccncc2F)C(c2ccc3c(c2)CCC=C3)=NN1.[HH]. The molecule has 0 spiro atoms. The molecule has 4 nitrogen and oxygen atoms in total. The van der Waals surface area contributed by atoms with Crippen LogP contribution < -0.4 is 5.43 Å². The first-order valence-corrected chi connectivity index (χ1v) is 7.98. The lowest BCUT2D eigenvalue weighted by Gasteiger charge is -2.24. The zero-order valence-electron chi connectivity index (χ0n) is 13.0. The molecule has 2 aromatic rings. The highest BCUT2D eigenvalue weighted by Gasteiger charge is 2.29. The van der Waals surface area contributed by atoms with E-state index >= 15 is 0 Å². The maximum Gasteiger partial charge on any atom is 0.241 e. The van der Waals surface area contributed by atoms with Gasteiger partial charge in [-0.15, -0.1) is 0 Å². The number of allylic oxidation sites excluding steroid dienone is 1. The van der Waals surface area contributed by atoms with Crippen LogP contribution in [-0.4, -0.2) is 16.6 Å². The van der Waals surface area contributed by atoms with Crippen molar-refractivity contribution < 1.29 is 10.6 Å². The van der Waals surface area contributed by atoms with Crippen molar-refractivity contribution in [2.45, 2.75) is 25.2 Å². The molecule has 4 rings (SSSR count). The van der Waals surface area contributed by atoms with Crippen LogP contribution in [0.3, 0.4) is 0 Å². The van der Waals surface area contributed by atoms with E-state index in [2.05, 4.69) is 39.8 Å². The molecule has 0 saturated carbocycles. The van der Waals surface area contributed by atoms with Crippen molar-refractivity contribution in [1.82, 2.24) is 10.4 Å². The van der Waals surface area contributed by atoms with Crippen LogP contribution in [0.25, 0.3) is 6.08 Å². The molecular weight excluding hydrogens is 305 g/mol. The molecule has 1 aliphatic carbocycles. The summed E-state index contributed by atoms with van der Waals surface area (Å²) in [6, 6.07) is 7.76. The van der Waals surface area contributed by atoms with Crippen LogP contribution in [0.5, 0.6) is 0 Å². The highest BCUT2D eigenvalue weighted by molar-refractivity contribution is 6.09. The Morgan fingerprint density at radius 2 is 2.21 bits per heavy atom. The fourth-order valence-corrected chi connectivity index (χ4v) is 3.31. The second kappa shape index (κ2) is 6.00. The van der Waals surface area contributed by atoms with Gasteiger partial charge in [-0.2, -0.15) is 5.10 Å². The van der Waals surface area contributed by atoms with Crippen LogP contribution in [0.2, 0.25) is 0 Å². The Morgan fingerprint density at radius 3 is 3.08 bits per heavy atom. The van der Waals surface area contributed by atoms with Gasteiger partial charge in [-0.05, 0) is 41.7 Å². The number of benzene rings is 1. The topological polar surface area (TPSA) is 54.4 Å². The van der Waals surface area contributed by atoms with Gasteiger partial charge in [0.05, 0.1) is 11.9 Å². The minimum Gasteiger partial charge on any atom is -0.273 e. The molecule has 0 radical (unpaired) electrons. The molecule has 1 N–H and O–H groups in total. The van der Waals surface area contributed by atoms with Gasteiger partial charge < -0.3 is 0 Å². The van der Waals surface area contributed by atoms with Crippen molar-refractivity contribution in [1.29, 1.82) is 0 Å². The van der Waals surface area contributed by atoms with Gasteiger partial charge in [-0.1, -0.05) is 24.3 Å². The first-order chi connectivity index (χ1) is 11.7. The predicted octanol–water partition coefficient (Wildman–Crippen LogP) is 3.43. The Balaban J connectivity index is 0.00000182. The lowest BCUT2D eigenvalue weighted by molar-refractivity contribution is -0.121. The van der Waals surface area contributed by atoms with Gasteiger partial charge in [0.25, 0.3) is 0 Å². The Labute approximate surface area is 140 Å². The molecule has 1 atom stereocenters. The third-order valence-electron chi connectivity index (χ3n) is 4.52. The first kappa shape index (κ1) is 14.8. The molecule has 1 aliphatic heterocycles. The number of fused-ring (bicyclic) bond motifs is 1. The highest BCUT2D eigenvalue weighted by Crippen LogP contribution is 2.30. The zero-order valence-corrected chi connectivity index (χ0v) is 13.0. The number of pyridine rings is 1. The van der Waals surface area contributed by atoms with Crippen molar-refractivity contribution in [3.05, 3.63) is 70.8 Å². The van der Waals surface area contributed by atoms with Gasteiger partial charge in [0.15, 0.2) is 0 Å². The number of hydrogen-bond donors (Lipinski definition) is 1. The Bertz CT molecular complexity index is 879. The summed E-state index contributed by atoms with van der Waals surface area (Å²) in [6.07, 6.45) is 9.17. The standard InChI is InChI=1S/C19H16FN3O.H2/c20-17-11-21-8-7-15(17)16-10-18(24)22-23-19(16)14-6-5-12-3-1-2-4-13(12)9-14;/h1,3,5-9,11,16H,2,4,10H2,(H,22,24);1H. The largest absolute Gasteiger partial charge is 0.273 e. The minimum absolute atomic E-state index is 0. The summed E-state index contributed by atoms with van der Waals surface area (Å²) >= 11 is 0. The summed E-state index contributed by atoms with van der Waals surface area (Å²) in [5, 5.41) is 4.24. The maximum atomic E-state index is 14.2. The van der Waals surface area contributed by atoms with Crippen LogP contribution in [0.1, 0.15) is 42.4 Å². The molecular formula is C19H18FN3O. The molecule has 5 heteroatoms. The fraction of sp³-hybridized carbons (Fsp3) is 0.211. The van der Waals surface area contributed by atoms with Crippen LogP contribution in [0.15, 0.2) is 47.8 Å². The number of aryl methyl sites for hydroxylation is 1. The first-order valence-electron chi connectivity index (χ1n) is 7.98. The molecule has 1 amide bonds. The summed E-state index contributed by atoms with van der Waals surface area (Å²) in [6.45, 7) is 0. The van der Waals surface area contributed by atoms with Gasteiger partial charge in [0.1, 0.15) is 5.82 Å². The number of hydrogen-bond acceptors (Lipinski definition) is 3. The molecule has 24 heavy (non-hydrogen) atoms. The van der Waals surface area contributed by atoms with Crippen LogP contribution in [0, 0.1) is 5.82 Å². The van der Waals surface area contributed by atoms with E-state index in [0.717, 1.165) is 18.4 Å². The molecule has 0 saturated heterocycles. The van der Waals surface area contributed by atoms with Gasteiger partial charge in [0, 0.05) is 25.5 Å². The number of aromatic nitrogens is 1. The number of carbonyl (C=O) groups excluding carboxylic acids is 1. The minimum atomic E-state index is -0.411. The van der Waals surface area contributed by atoms with Crippen molar-refractivity contribution in [3.63, 3.8) is 0 Å². The van der Waals surface area contributed by atoms with Crippen molar-refractivity contribution in [2.24, 2.45) is 5.10 Å². The normalized spacial score (nSPS) is 19.5. The van der Waals surface area contributed by atoms with E-state index in [1.807, 2.05) is 6.07 Å². The summed E-state index contributed by atoms with van der Waals surface area (Å²) in [5.74, 6) is -1.02. The number of hydrazone groups is 1. The number of nitrogens with zero attached hydrogens (tertiary/aromatic N) is 2. The van der Waals surface area contributed by atoms with Gasteiger partial charge in [-0.3, -0.25) is 9.78 Å². The number of rotatable bonds is 2. The van der Waals surface area contributed by atoms with Crippen LogP contribution >= 0.6 is 0 Å². The van der Waals surface area contributed by atoms with Crippen molar-refractivity contribution >= 4 is 17.7 Å². The second-order valence-electron chi connectivity index (χ2n) is 6.04. The predicted molar refractivity (Wildman–Crippen MR) is 92.1 cm³/mol. The third kappa shape index (κ3) is 2.62. The maximum absolute atomic E-state index is 14.2. The molecule has 0 bridgehead atoms. The van der Waals surface area contributed by atoms with Crippen LogP contribution in [0.4, 0.5) is 4.39 Å². The van der Waals surface area contributed by atoms with Crippen molar-refractivity contribution in [3.8, 4) is 0 Å². The van der Waals surface area contributed by atoms with E-state index in [-0.39, 0.29) is 13.8 Å². The van der Waals surface area contributed by atoms with E-state index in [1.54, 1.807) is 12.3 Å². The smallest absolute Gasteiger partial charge is 0.241 e. The molecule has 122 valence electrons. The van der Waals surface area contributed by atoms with Gasteiger partial charge >= 0.3 is 0 Å². The van der Waals surface area contributed by atoms with E-state index in [0.29, 0.717) is 11.3 Å². The van der Waals surface area contributed by atoms with E-state index < -0.39 is 11.7 Å². The van der Waals surface area contributed by atoms with Crippen LogP contribution in [-0.2, 0) is 11.2 Å². The molecule has 1 unspecified atom stereocenters. The number of amides is 1. The molecule has 0 fully saturated rings. The number of carbonyl (C=O) groups is 1. The quantitative estimate of drug-likeness (QED) is 0.920. The highest BCUT2D eigenvalue weighted by atomic mass is 19.1. The Hall–Kier alpha value is -2.82. The average Bonchev–Trinajstić information content (AvgIpc) is 2.62. The molecule has 2 aliphatic rings. The fourth-order valence-electron chi connectivity index (χ4n) is 3.31. The second-order valence-corrected chi connectivity index (χ2v) is 6.04. The summed E-state index contributed by atoms with van der Waals surface area (Å²) in [5.41, 5.74) is 7.05. The summed E-state index contributed by atoms with van der Waals surface area (Å²) in [7, 11) is 0. The molecule has 2 heterocycles. The lowest BCUT2D eigenvalue weighted by Crippen LogP contribution is -2.32. The number of halogens is 1. The van der Waals surface area contributed by atoms with E-state index in [9.17, 15) is 9.18 Å². The molecule has 1 aromatic carbocycles. The van der Waals surface area contributed by atoms with Crippen molar-refractivity contribution in [2.75, 3.05) is 0 Å². The van der Waals surface area contributed by atoms with Gasteiger partial charge in [-0.25, -0.2) is 9.82 Å². The zero-order chi connectivity index (χ0) is 16.5. The third-order valence-corrected chi connectivity index (χ3v) is 4.52. The van der Waals surface area contributed by atoms with Gasteiger partial charge in [0.2, 0.25) is 5.91 Å². The molecule has 1 aromatic heterocycles. The van der Waals surface area contributed by atoms with E-state index in [4.69, 9.17) is 0 Å². The van der Waals surface area contributed by atoms with E-state index in [1.165, 1.54) is 17.3 Å². The monoisotopic (exact) mass is 323 g/mol. The Kier molecular flexibility index (Phi) is 3.69. The lowest BCUT2D eigenvalue weighted by atomic mass is 9.84. The summed E-state index contributed by atoms with van der Waals surface area (Å²) in [4.78, 5) is 15.6. The number of nitrogens with one attached hydrogen (secondary N) is 1. The summed E-state index contributed by atoms with van der Waals surface area (Å²) < 4.78 is 14.2. The Morgan fingerprint density at radius 1 is 1.29 bits per heavy atom.